The van der Waals surface area contributed by atoms with Crippen LogP contribution < -0.4 is 0 Å². The van der Waals surface area contributed by atoms with Crippen molar-refractivity contribution in [1.29, 1.82) is 0 Å². The number of rotatable bonds is 4. The minimum atomic E-state index is 0.262. The second-order valence-corrected chi connectivity index (χ2v) is 6.55. The summed E-state index contributed by atoms with van der Waals surface area (Å²) in [6, 6.07) is 6.41. The van der Waals surface area contributed by atoms with Crippen LogP contribution in [0.25, 0.3) is 0 Å². The van der Waals surface area contributed by atoms with Gasteiger partial charge < -0.3 is 5.11 Å². The lowest BCUT2D eigenvalue weighted by Gasteiger charge is -2.33. The number of aryl methyl sites for hydroxylation is 1. The third-order valence-corrected chi connectivity index (χ3v) is 4.88. The van der Waals surface area contributed by atoms with Gasteiger partial charge in [0.05, 0.1) is 6.61 Å². The third kappa shape index (κ3) is 5.74. The fraction of sp³-hybridized carbons (Fsp3) is 0.600. The molecule has 0 radical (unpaired) electrons. The molecule has 1 aliphatic rings. The summed E-state index contributed by atoms with van der Waals surface area (Å²) in [5, 5.41) is 8.92. The number of aliphatic hydroxyl groups is 1. The first-order chi connectivity index (χ1) is 9.69. The highest BCUT2D eigenvalue weighted by Gasteiger charge is 2.17. The second kappa shape index (κ2) is 9.79. The van der Waals surface area contributed by atoms with Gasteiger partial charge in [-0.2, -0.15) is 0 Å². The molecule has 20 heavy (non-hydrogen) atoms. The smallest absolute Gasteiger partial charge is 0.0558 e. The Balaban J connectivity index is 0.000000956. The van der Waals surface area contributed by atoms with Crippen molar-refractivity contribution < 1.29 is 5.11 Å². The molecule has 0 spiro atoms. The number of nitrogens with zero attached hydrogens (tertiary/aromatic N) is 2. The van der Waals surface area contributed by atoms with Crippen molar-refractivity contribution in [2.75, 3.05) is 39.3 Å². The predicted octanol–water partition coefficient (Wildman–Crippen LogP) is 3.40. The lowest BCUT2D eigenvalue weighted by atomic mass is 10.2. The van der Waals surface area contributed by atoms with Crippen LogP contribution in [0.2, 0.25) is 0 Å². The van der Waals surface area contributed by atoms with Crippen LogP contribution in [0.3, 0.4) is 0 Å². The molecule has 1 aromatic rings. The molecular formula is C15H25BrN2OS. The Morgan fingerprint density at radius 3 is 2.45 bits per heavy atom. The molecule has 5 heteroatoms. The maximum Gasteiger partial charge on any atom is 0.0558 e. The van der Waals surface area contributed by atoms with E-state index in [2.05, 4.69) is 50.3 Å². The van der Waals surface area contributed by atoms with E-state index in [1.807, 2.05) is 25.8 Å². The number of halogens is 1. The maximum absolute atomic E-state index is 8.92. The fourth-order valence-corrected chi connectivity index (χ4v) is 3.53. The van der Waals surface area contributed by atoms with Crippen molar-refractivity contribution in [2.24, 2.45) is 0 Å². The molecule has 0 unspecified atom stereocenters. The van der Waals surface area contributed by atoms with E-state index in [0.717, 1.165) is 37.2 Å². The van der Waals surface area contributed by atoms with Crippen molar-refractivity contribution >= 4 is 27.9 Å². The minimum absolute atomic E-state index is 0.262. The van der Waals surface area contributed by atoms with E-state index in [9.17, 15) is 0 Å². The molecule has 0 amide bonds. The molecular weight excluding hydrogens is 336 g/mol. The van der Waals surface area contributed by atoms with E-state index >= 15 is 0 Å². The molecule has 114 valence electrons. The van der Waals surface area contributed by atoms with Crippen LogP contribution in [0.4, 0.5) is 0 Å². The molecule has 0 aliphatic carbocycles. The van der Waals surface area contributed by atoms with Crippen LogP contribution in [-0.4, -0.2) is 53.6 Å². The van der Waals surface area contributed by atoms with Gasteiger partial charge in [0.1, 0.15) is 0 Å². The second-order valence-electron chi connectivity index (χ2n) is 4.50. The highest BCUT2D eigenvalue weighted by molar-refractivity contribution is 9.10. The van der Waals surface area contributed by atoms with E-state index in [0.29, 0.717) is 0 Å². The standard InChI is InChI=1S/C13H19BrN2OS.C2H6/c1-11-2-3-12(14)10-13(11)18-16-6-4-15(5-7-16)8-9-17;1-2/h2-3,10,17H,4-9H2,1H3;1-2H3. The van der Waals surface area contributed by atoms with Crippen LogP contribution in [0.1, 0.15) is 19.4 Å². The topological polar surface area (TPSA) is 26.7 Å². The molecule has 0 bridgehead atoms. The van der Waals surface area contributed by atoms with Gasteiger partial charge in [0.15, 0.2) is 0 Å². The molecule has 1 aromatic carbocycles. The number of β-amino-alcohol motifs (C(OH)–C–C–N with tert-alkyl or cyclic N) is 1. The molecule has 0 atom stereocenters. The zero-order valence-electron chi connectivity index (χ0n) is 12.6. The van der Waals surface area contributed by atoms with Crippen LogP contribution in [0, 0.1) is 6.92 Å². The van der Waals surface area contributed by atoms with Crippen LogP contribution in [0.15, 0.2) is 27.6 Å². The highest BCUT2D eigenvalue weighted by Crippen LogP contribution is 2.29. The largest absolute Gasteiger partial charge is 0.395 e. The Hall–Kier alpha value is -0.0700. The van der Waals surface area contributed by atoms with Crippen molar-refractivity contribution in [3.05, 3.63) is 28.2 Å². The number of benzene rings is 1. The van der Waals surface area contributed by atoms with Gasteiger partial charge in [0.25, 0.3) is 0 Å². The van der Waals surface area contributed by atoms with E-state index in [-0.39, 0.29) is 6.61 Å². The minimum Gasteiger partial charge on any atom is -0.395 e. The monoisotopic (exact) mass is 360 g/mol. The van der Waals surface area contributed by atoms with Gasteiger partial charge in [-0.1, -0.05) is 35.8 Å². The van der Waals surface area contributed by atoms with Gasteiger partial charge in [-0.25, -0.2) is 4.31 Å². The Kier molecular flexibility index (Phi) is 8.80. The van der Waals surface area contributed by atoms with Crippen molar-refractivity contribution in [2.45, 2.75) is 25.7 Å². The SMILES string of the molecule is CC.Cc1ccc(Br)cc1SN1CCN(CCO)CC1. The van der Waals surface area contributed by atoms with Crippen molar-refractivity contribution in [3.8, 4) is 0 Å². The van der Waals surface area contributed by atoms with E-state index < -0.39 is 0 Å². The van der Waals surface area contributed by atoms with Gasteiger partial charge in [-0.05, 0) is 36.6 Å². The lowest BCUT2D eigenvalue weighted by molar-refractivity contribution is 0.156. The third-order valence-electron chi connectivity index (χ3n) is 3.13. The normalized spacial score (nSPS) is 16.6. The van der Waals surface area contributed by atoms with Crippen LogP contribution in [-0.2, 0) is 0 Å². The zero-order valence-corrected chi connectivity index (χ0v) is 15.0. The summed E-state index contributed by atoms with van der Waals surface area (Å²) in [5.74, 6) is 0. The predicted molar refractivity (Wildman–Crippen MR) is 91.2 cm³/mol. The molecule has 0 saturated carbocycles. The first kappa shape index (κ1) is 18.0. The number of piperazine rings is 1. The average molecular weight is 361 g/mol. The Labute approximate surface area is 135 Å². The molecule has 1 saturated heterocycles. The summed E-state index contributed by atoms with van der Waals surface area (Å²) in [7, 11) is 0. The van der Waals surface area contributed by atoms with E-state index in [1.54, 1.807) is 0 Å². The molecule has 2 rings (SSSR count). The average Bonchev–Trinajstić information content (AvgIpc) is 2.47. The molecule has 1 fully saturated rings. The summed E-state index contributed by atoms with van der Waals surface area (Å²) in [6.07, 6.45) is 0. The van der Waals surface area contributed by atoms with Crippen LogP contribution >= 0.6 is 27.9 Å². The fourth-order valence-electron chi connectivity index (χ4n) is 2.00. The number of hydrogen-bond acceptors (Lipinski definition) is 4. The van der Waals surface area contributed by atoms with E-state index in [4.69, 9.17) is 5.11 Å². The Bertz CT molecular complexity index is 395. The highest BCUT2D eigenvalue weighted by atomic mass is 79.9. The number of aliphatic hydroxyl groups excluding tert-OH is 1. The summed E-state index contributed by atoms with van der Waals surface area (Å²) in [5.41, 5.74) is 1.32. The zero-order chi connectivity index (χ0) is 15.0. The quantitative estimate of drug-likeness (QED) is 0.832. The maximum atomic E-state index is 8.92. The van der Waals surface area contributed by atoms with Gasteiger partial charge in [0, 0.05) is 42.1 Å². The first-order valence-electron chi connectivity index (χ1n) is 7.21. The summed E-state index contributed by atoms with van der Waals surface area (Å²) in [6.45, 7) is 11.4. The Morgan fingerprint density at radius 2 is 1.85 bits per heavy atom. The molecule has 1 aliphatic heterocycles. The first-order valence-corrected chi connectivity index (χ1v) is 8.78. The lowest BCUT2D eigenvalue weighted by Crippen LogP contribution is -2.44. The molecule has 1 heterocycles. The molecule has 1 N–H and O–H groups in total. The molecule has 3 nitrogen and oxygen atoms in total. The van der Waals surface area contributed by atoms with Gasteiger partial charge in [0.2, 0.25) is 0 Å². The Morgan fingerprint density at radius 1 is 1.20 bits per heavy atom. The summed E-state index contributed by atoms with van der Waals surface area (Å²) < 4.78 is 3.54. The van der Waals surface area contributed by atoms with Gasteiger partial charge in [-0.15, -0.1) is 0 Å². The van der Waals surface area contributed by atoms with Crippen molar-refractivity contribution in [3.63, 3.8) is 0 Å². The summed E-state index contributed by atoms with van der Waals surface area (Å²) in [4.78, 5) is 3.63. The summed E-state index contributed by atoms with van der Waals surface area (Å²) >= 11 is 5.36. The molecule has 0 aromatic heterocycles. The van der Waals surface area contributed by atoms with Gasteiger partial charge in [-0.3, -0.25) is 4.90 Å². The van der Waals surface area contributed by atoms with Crippen LogP contribution in [0.5, 0.6) is 0 Å². The van der Waals surface area contributed by atoms with E-state index in [1.165, 1.54) is 10.5 Å². The van der Waals surface area contributed by atoms with Crippen molar-refractivity contribution in [1.82, 2.24) is 9.21 Å². The number of hydrogen-bond donors (Lipinski definition) is 1. The van der Waals surface area contributed by atoms with Gasteiger partial charge >= 0.3 is 0 Å².